The van der Waals surface area contributed by atoms with Crippen LogP contribution in [-0.2, 0) is 13.0 Å². The van der Waals surface area contributed by atoms with Crippen LogP contribution in [0.25, 0.3) is 0 Å². The minimum Gasteiger partial charge on any atom is -0.490 e. The molecule has 0 radical (unpaired) electrons. The van der Waals surface area contributed by atoms with E-state index in [0.29, 0.717) is 13.2 Å². The molecule has 6 heteroatoms. The Morgan fingerprint density at radius 2 is 1.69 bits per heavy atom. The van der Waals surface area contributed by atoms with Crippen LogP contribution < -0.4 is 25.0 Å². The van der Waals surface area contributed by atoms with Crippen molar-refractivity contribution in [3.63, 3.8) is 0 Å². The van der Waals surface area contributed by atoms with E-state index < -0.39 is 0 Å². The van der Waals surface area contributed by atoms with Crippen molar-refractivity contribution in [1.29, 1.82) is 0 Å². The molecule has 0 saturated carbocycles. The molecule has 29 heavy (non-hydrogen) atoms. The Morgan fingerprint density at radius 1 is 0.931 bits per heavy atom. The summed E-state index contributed by atoms with van der Waals surface area (Å²) in [7, 11) is 5.88. The summed E-state index contributed by atoms with van der Waals surface area (Å²) in [6, 6.07) is 14.6. The Balaban J connectivity index is 1.86. The van der Waals surface area contributed by atoms with Gasteiger partial charge in [-0.25, -0.2) is 0 Å². The molecule has 0 unspecified atom stereocenters. The largest absolute Gasteiger partial charge is 0.490 e. The molecule has 2 N–H and O–H groups in total. The van der Waals surface area contributed by atoms with Crippen LogP contribution in [0.5, 0.6) is 11.5 Å². The second kappa shape index (κ2) is 11.8. The molecule has 0 aliphatic rings. The maximum Gasteiger partial charge on any atom is 0.191 e. The number of nitrogens with one attached hydrogen (secondary N) is 2. The SMILES string of the molecule is CCOc1ccc(CCNC(=NC)NCc2cccc(N(C)C)c2)cc1OCC. The van der Waals surface area contributed by atoms with Gasteiger partial charge in [-0.3, -0.25) is 4.99 Å². The average molecular weight is 399 g/mol. The smallest absolute Gasteiger partial charge is 0.191 e. The van der Waals surface area contributed by atoms with Crippen molar-refractivity contribution in [2.75, 3.05) is 45.8 Å². The number of nitrogens with zero attached hydrogens (tertiary/aromatic N) is 2. The van der Waals surface area contributed by atoms with Crippen molar-refractivity contribution in [3.8, 4) is 11.5 Å². The van der Waals surface area contributed by atoms with Crippen LogP contribution in [0.3, 0.4) is 0 Å². The normalized spacial score (nSPS) is 11.1. The van der Waals surface area contributed by atoms with Crippen molar-refractivity contribution in [3.05, 3.63) is 53.6 Å². The predicted octanol–water partition coefficient (Wildman–Crippen LogP) is 3.46. The zero-order valence-electron chi connectivity index (χ0n) is 18.3. The molecule has 6 nitrogen and oxygen atoms in total. The second-order valence-corrected chi connectivity index (χ2v) is 6.81. The number of anilines is 1. The average Bonchev–Trinajstić information content (AvgIpc) is 2.72. The fourth-order valence-corrected chi connectivity index (χ4v) is 2.93. The molecule has 2 aromatic rings. The number of aliphatic imine (C=N–C) groups is 1. The van der Waals surface area contributed by atoms with Crippen LogP contribution in [0.2, 0.25) is 0 Å². The highest BCUT2D eigenvalue weighted by Crippen LogP contribution is 2.28. The van der Waals surface area contributed by atoms with E-state index >= 15 is 0 Å². The zero-order chi connectivity index (χ0) is 21.1. The van der Waals surface area contributed by atoms with Gasteiger partial charge in [0.05, 0.1) is 13.2 Å². The molecule has 0 aromatic heterocycles. The standard InChI is InChI=1S/C23H34N4O2/c1-6-28-21-12-11-18(16-22(21)29-7-2)13-14-25-23(24-3)26-17-19-9-8-10-20(15-19)27(4)5/h8-12,15-16H,6-7,13-14,17H2,1-5H3,(H2,24,25,26). The molecular weight excluding hydrogens is 364 g/mol. The lowest BCUT2D eigenvalue weighted by Gasteiger charge is -2.16. The van der Waals surface area contributed by atoms with Gasteiger partial charge in [-0.05, 0) is 55.7 Å². The molecular formula is C23H34N4O2. The minimum absolute atomic E-state index is 0.618. The highest BCUT2D eigenvalue weighted by molar-refractivity contribution is 5.79. The molecule has 0 bridgehead atoms. The van der Waals surface area contributed by atoms with Crippen molar-refractivity contribution in [2.24, 2.45) is 4.99 Å². The number of rotatable bonds is 10. The number of hydrogen-bond acceptors (Lipinski definition) is 4. The molecule has 2 rings (SSSR count). The van der Waals surface area contributed by atoms with Gasteiger partial charge in [-0.1, -0.05) is 18.2 Å². The summed E-state index contributed by atoms with van der Waals surface area (Å²) in [5, 5.41) is 6.74. The number of hydrogen-bond donors (Lipinski definition) is 2. The van der Waals surface area contributed by atoms with Gasteiger partial charge < -0.3 is 25.0 Å². The van der Waals surface area contributed by atoms with E-state index in [4.69, 9.17) is 9.47 Å². The van der Waals surface area contributed by atoms with Gasteiger partial charge in [0.15, 0.2) is 17.5 Å². The van der Waals surface area contributed by atoms with E-state index in [1.807, 2.05) is 34.0 Å². The Hall–Kier alpha value is -2.89. The van der Waals surface area contributed by atoms with Crippen molar-refractivity contribution in [2.45, 2.75) is 26.8 Å². The monoisotopic (exact) mass is 398 g/mol. The first kappa shape index (κ1) is 22.4. The van der Waals surface area contributed by atoms with E-state index in [2.05, 4.69) is 56.9 Å². The predicted molar refractivity (Wildman–Crippen MR) is 121 cm³/mol. The Morgan fingerprint density at radius 3 is 2.38 bits per heavy atom. The molecule has 0 fully saturated rings. The lowest BCUT2D eigenvalue weighted by atomic mass is 10.1. The highest BCUT2D eigenvalue weighted by Gasteiger charge is 2.07. The van der Waals surface area contributed by atoms with E-state index in [-0.39, 0.29) is 0 Å². The Kier molecular flexibility index (Phi) is 9.15. The lowest BCUT2D eigenvalue weighted by Crippen LogP contribution is -2.37. The zero-order valence-corrected chi connectivity index (χ0v) is 18.3. The van der Waals surface area contributed by atoms with Gasteiger partial charge >= 0.3 is 0 Å². The fourth-order valence-electron chi connectivity index (χ4n) is 2.93. The molecule has 0 saturated heterocycles. The summed E-state index contributed by atoms with van der Waals surface area (Å²) in [6.07, 6.45) is 0.864. The van der Waals surface area contributed by atoms with Crippen molar-refractivity contribution < 1.29 is 9.47 Å². The minimum atomic E-state index is 0.618. The van der Waals surface area contributed by atoms with Crippen molar-refractivity contribution in [1.82, 2.24) is 10.6 Å². The molecule has 0 spiro atoms. The summed E-state index contributed by atoms with van der Waals surface area (Å²) in [6.45, 7) is 6.69. The molecule has 0 aliphatic carbocycles. The quantitative estimate of drug-likeness (QED) is 0.474. The molecule has 158 valence electrons. The molecule has 0 aliphatic heterocycles. The first-order valence-corrected chi connectivity index (χ1v) is 10.2. The van der Waals surface area contributed by atoms with Crippen LogP contribution in [-0.4, -0.2) is 46.9 Å². The van der Waals surface area contributed by atoms with Gasteiger partial charge in [-0.2, -0.15) is 0 Å². The second-order valence-electron chi connectivity index (χ2n) is 6.81. The summed E-state index contributed by atoms with van der Waals surface area (Å²) in [4.78, 5) is 6.42. The van der Waals surface area contributed by atoms with Crippen molar-refractivity contribution >= 4 is 11.6 Å². The third-order valence-electron chi connectivity index (χ3n) is 4.42. The number of guanidine groups is 1. The van der Waals surface area contributed by atoms with E-state index in [1.165, 1.54) is 16.8 Å². The maximum atomic E-state index is 5.71. The van der Waals surface area contributed by atoms with Gasteiger partial charge in [0, 0.05) is 39.9 Å². The van der Waals surface area contributed by atoms with E-state index in [9.17, 15) is 0 Å². The van der Waals surface area contributed by atoms with Crippen LogP contribution in [0.15, 0.2) is 47.5 Å². The van der Waals surface area contributed by atoms with Gasteiger partial charge in [0.25, 0.3) is 0 Å². The third kappa shape index (κ3) is 7.22. The molecule has 0 atom stereocenters. The Labute approximate surface area is 174 Å². The Bertz CT molecular complexity index is 790. The highest BCUT2D eigenvalue weighted by atomic mass is 16.5. The summed E-state index contributed by atoms with van der Waals surface area (Å²) in [5.41, 5.74) is 3.60. The van der Waals surface area contributed by atoms with Gasteiger partial charge in [-0.15, -0.1) is 0 Å². The first-order valence-electron chi connectivity index (χ1n) is 10.2. The maximum absolute atomic E-state index is 5.71. The molecule has 0 heterocycles. The van der Waals surface area contributed by atoms with Gasteiger partial charge in [0.2, 0.25) is 0 Å². The van der Waals surface area contributed by atoms with Crippen LogP contribution in [0.1, 0.15) is 25.0 Å². The third-order valence-corrected chi connectivity index (χ3v) is 4.42. The molecule has 0 amide bonds. The number of benzene rings is 2. The van der Waals surface area contributed by atoms with Crippen LogP contribution >= 0.6 is 0 Å². The summed E-state index contributed by atoms with van der Waals surface area (Å²) in [5.74, 6) is 2.38. The summed E-state index contributed by atoms with van der Waals surface area (Å²) < 4.78 is 11.3. The topological polar surface area (TPSA) is 58.1 Å². The van der Waals surface area contributed by atoms with Gasteiger partial charge in [0.1, 0.15) is 0 Å². The first-order chi connectivity index (χ1) is 14.1. The van der Waals surface area contributed by atoms with Crippen LogP contribution in [0, 0.1) is 0 Å². The molecule has 2 aromatic carbocycles. The lowest BCUT2D eigenvalue weighted by molar-refractivity contribution is 0.287. The van der Waals surface area contributed by atoms with Crippen LogP contribution in [0.4, 0.5) is 5.69 Å². The number of ether oxygens (including phenoxy) is 2. The summed E-state index contributed by atoms with van der Waals surface area (Å²) >= 11 is 0. The fraction of sp³-hybridized carbons (Fsp3) is 0.435. The van der Waals surface area contributed by atoms with E-state index in [1.54, 1.807) is 7.05 Å². The van der Waals surface area contributed by atoms with E-state index in [0.717, 1.165) is 37.0 Å².